The number of aromatic nitrogens is 3. The van der Waals surface area contributed by atoms with Crippen molar-refractivity contribution in [3.8, 4) is 17.2 Å². The number of aromatic amines is 1. The van der Waals surface area contributed by atoms with Crippen molar-refractivity contribution in [3.63, 3.8) is 0 Å². The van der Waals surface area contributed by atoms with E-state index in [-0.39, 0.29) is 0 Å². The van der Waals surface area contributed by atoms with E-state index in [4.69, 9.17) is 11.0 Å². The monoisotopic (exact) mass is 289 g/mol. The van der Waals surface area contributed by atoms with E-state index in [1.165, 1.54) is 6.08 Å². The van der Waals surface area contributed by atoms with Gasteiger partial charge in [0.25, 0.3) is 0 Å². The molecule has 3 aromatic rings. The van der Waals surface area contributed by atoms with Gasteiger partial charge in [0.15, 0.2) is 5.65 Å². The Morgan fingerprint density at radius 3 is 3.05 bits per heavy atom. The molecule has 0 unspecified atom stereocenters. The van der Waals surface area contributed by atoms with Crippen molar-refractivity contribution in [2.75, 3.05) is 6.54 Å². The second-order valence-electron chi connectivity index (χ2n) is 5.08. The first-order valence-corrected chi connectivity index (χ1v) is 6.92. The lowest BCUT2D eigenvalue weighted by Gasteiger charge is -2.10. The smallest absolute Gasteiger partial charge is 0.155 e. The maximum Gasteiger partial charge on any atom is 0.155 e. The van der Waals surface area contributed by atoms with Gasteiger partial charge in [-0.2, -0.15) is 10.4 Å². The van der Waals surface area contributed by atoms with Crippen LogP contribution in [0.2, 0.25) is 0 Å². The molecule has 3 N–H and O–H groups in total. The van der Waals surface area contributed by atoms with Crippen LogP contribution >= 0.6 is 0 Å². The number of fused-ring (bicyclic) bond motifs is 1. The highest BCUT2D eigenvalue weighted by Gasteiger charge is 2.09. The zero-order valence-electron chi connectivity index (χ0n) is 12.2. The third-order valence-electron chi connectivity index (χ3n) is 3.57. The van der Waals surface area contributed by atoms with E-state index in [1.807, 2.05) is 25.1 Å². The Labute approximate surface area is 128 Å². The fourth-order valence-electron chi connectivity index (χ4n) is 2.56. The number of nitrogens with two attached hydrogens (primary N) is 1. The largest absolute Gasteiger partial charge is 0.326 e. The Balaban J connectivity index is 2.20. The second kappa shape index (κ2) is 5.80. The molecule has 1 aromatic carbocycles. The highest BCUT2D eigenvalue weighted by atomic mass is 15.1. The molecule has 5 heteroatoms. The third kappa shape index (κ3) is 2.48. The first kappa shape index (κ1) is 14.0. The lowest BCUT2D eigenvalue weighted by atomic mass is 9.95. The number of benzene rings is 1. The van der Waals surface area contributed by atoms with Crippen LogP contribution in [0.15, 0.2) is 42.7 Å². The Bertz CT molecular complexity index is 899. The molecule has 0 aliphatic heterocycles. The van der Waals surface area contributed by atoms with Crippen molar-refractivity contribution < 1.29 is 0 Å². The zero-order valence-corrected chi connectivity index (χ0v) is 12.2. The number of rotatable bonds is 3. The third-order valence-corrected chi connectivity index (χ3v) is 3.57. The first-order valence-electron chi connectivity index (χ1n) is 6.92. The molecule has 5 nitrogen and oxygen atoms in total. The van der Waals surface area contributed by atoms with Gasteiger partial charge in [-0.3, -0.25) is 5.10 Å². The summed E-state index contributed by atoms with van der Waals surface area (Å²) in [6.07, 6.45) is 5.03. The number of hydrogen-bond acceptors (Lipinski definition) is 4. The van der Waals surface area contributed by atoms with E-state index in [0.29, 0.717) is 6.54 Å². The van der Waals surface area contributed by atoms with Crippen molar-refractivity contribution in [1.82, 2.24) is 15.2 Å². The van der Waals surface area contributed by atoms with Crippen LogP contribution in [-0.2, 0) is 0 Å². The number of hydrogen-bond donors (Lipinski definition) is 2. The van der Waals surface area contributed by atoms with Crippen molar-refractivity contribution in [2.24, 2.45) is 5.73 Å². The highest BCUT2D eigenvalue weighted by molar-refractivity contribution is 5.92. The SMILES string of the molecule is Cc1cc(C(=CC#N)CN)cc(-c2ccnc3[nH]ncc23)c1. The topological polar surface area (TPSA) is 91.4 Å². The van der Waals surface area contributed by atoms with E-state index in [2.05, 4.69) is 27.3 Å². The molecule has 0 saturated heterocycles. The highest BCUT2D eigenvalue weighted by Crippen LogP contribution is 2.29. The standard InChI is InChI=1S/C17H15N5/c1-11-6-13(12(9-19)2-4-18)8-14(7-11)15-3-5-20-17-16(15)10-21-22-17/h2-3,5-8,10H,9,19H2,1H3,(H,20,21,22). The molecule has 0 bridgehead atoms. The average molecular weight is 289 g/mol. The van der Waals surface area contributed by atoms with E-state index in [0.717, 1.165) is 38.9 Å². The van der Waals surface area contributed by atoms with Crippen molar-refractivity contribution in [2.45, 2.75) is 6.92 Å². The van der Waals surface area contributed by atoms with Gasteiger partial charge in [0.1, 0.15) is 0 Å². The number of pyridine rings is 1. The summed E-state index contributed by atoms with van der Waals surface area (Å²) in [6, 6.07) is 10.2. The molecule has 22 heavy (non-hydrogen) atoms. The fourth-order valence-corrected chi connectivity index (χ4v) is 2.56. The fraction of sp³-hybridized carbons (Fsp3) is 0.118. The van der Waals surface area contributed by atoms with Gasteiger partial charge in [0.05, 0.1) is 12.3 Å². The van der Waals surface area contributed by atoms with Gasteiger partial charge in [-0.1, -0.05) is 12.1 Å². The van der Waals surface area contributed by atoms with Gasteiger partial charge in [0.2, 0.25) is 0 Å². The van der Waals surface area contributed by atoms with Gasteiger partial charge in [-0.05, 0) is 46.9 Å². The summed E-state index contributed by atoms with van der Waals surface area (Å²) in [5, 5.41) is 16.8. The molecule has 0 saturated carbocycles. The minimum Gasteiger partial charge on any atom is -0.326 e. The second-order valence-corrected chi connectivity index (χ2v) is 5.08. The summed E-state index contributed by atoms with van der Waals surface area (Å²) in [4.78, 5) is 4.26. The average Bonchev–Trinajstić information content (AvgIpc) is 3.00. The predicted octanol–water partition coefficient (Wildman–Crippen LogP) is 2.80. The summed E-state index contributed by atoms with van der Waals surface area (Å²) in [5.41, 5.74) is 11.5. The molecule has 0 amide bonds. The Morgan fingerprint density at radius 1 is 1.41 bits per heavy atom. The van der Waals surface area contributed by atoms with Gasteiger partial charge in [-0.25, -0.2) is 4.98 Å². The normalized spacial score (nSPS) is 11.6. The lowest BCUT2D eigenvalue weighted by molar-refractivity contribution is 1.10. The van der Waals surface area contributed by atoms with Crippen molar-refractivity contribution in [3.05, 3.63) is 53.9 Å². The summed E-state index contributed by atoms with van der Waals surface area (Å²) < 4.78 is 0. The Kier molecular flexibility index (Phi) is 3.69. The molecule has 0 aliphatic rings. The van der Waals surface area contributed by atoms with Gasteiger partial charge in [0, 0.05) is 24.2 Å². The number of nitrogens with one attached hydrogen (secondary N) is 1. The molecular weight excluding hydrogens is 274 g/mol. The quantitative estimate of drug-likeness (QED) is 0.725. The molecule has 0 radical (unpaired) electrons. The van der Waals surface area contributed by atoms with Gasteiger partial charge >= 0.3 is 0 Å². The first-order chi connectivity index (χ1) is 10.7. The lowest BCUT2D eigenvalue weighted by Crippen LogP contribution is -2.02. The summed E-state index contributed by atoms with van der Waals surface area (Å²) in [6.45, 7) is 2.36. The number of aryl methyl sites for hydroxylation is 1. The number of nitrogens with zero attached hydrogens (tertiary/aromatic N) is 3. The van der Waals surface area contributed by atoms with Crippen LogP contribution in [-0.4, -0.2) is 21.7 Å². The number of allylic oxidation sites excluding steroid dienone is 1. The summed E-state index contributed by atoms with van der Waals surface area (Å²) in [5.74, 6) is 0. The Morgan fingerprint density at radius 2 is 2.27 bits per heavy atom. The number of H-pyrrole nitrogens is 1. The minimum atomic E-state index is 0.327. The van der Waals surface area contributed by atoms with Crippen LogP contribution < -0.4 is 5.73 Å². The van der Waals surface area contributed by atoms with Crippen LogP contribution in [0.1, 0.15) is 11.1 Å². The van der Waals surface area contributed by atoms with E-state index in [1.54, 1.807) is 12.4 Å². The molecule has 3 rings (SSSR count). The van der Waals surface area contributed by atoms with Crippen LogP contribution in [0.4, 0.5) is 0 Å². The van der Waals surface area contributed by atoms with Gasteiger partial charge in [-0.15, -0.1) is 0 Å². The van der Waals surface area contributed by atoms with Crippen LogP contribution in [0.3, 0.4) is 0 Å². The molecule has 0 atom stereocenters. The number of nitriles is 1. The molecular formula is C17H15N5. The Hall–Kier alpha value is -2.97. The summed E-state index contributed by atoms with van der Waals surface area (Å²) in [7, 11) is 0. The summed E-state index contributed by atoms with van der Waals surface area (Å²) >= 11 is 0. The van der Waals surface area contributed by atoms with E-state index < -0.39 is 0 Å². The molecule has 2 heterocycles. The van der Waals surface area contributed by atoms with Crippen LogP contribution in [0.5, 0.6) is 0 Å². The molecule has 108 valence electrons. The molecule has 0 aliphatic carbocycles. The van der Waals surface area contributed by atoms with Crippen LogP contribution in [0, 0.1) is 18.3 Å². The zero-order chi connectivity index (χ0) is 15.5. The minimum absolute atomic E-state index is 0.327. The maximum absolute atomic E-state index is 8.90. The van der Waals surface area contributed by atoms with E-state index in [9.17, 15) is 0 Å². The van der Waals surface area contributed by atoms with Crippen molar-refractivity contribution in [1.29, 1.82) is 5.26 Å². The van der Waals surface area contributed by atoms with E-state index >= 15 is 0 Å². The van der Waals surface area contributed by atoms with Crippen LogP contribution in [0.25, 0.3) is 27.7 Å². The van der Waals surface area contributed by atoms with Gasteiger partial charge < -0.3 is 5.73 Å². The molecule has 0 fully saturated rings. The van der Waals surface area contributed by atoms with Crippen molar-refractivity contribution >= 4 is 16.6 Å². The molecule has 0 spiro atoms. The maximum atomic E-state index is 8.90. The molecule has 2 aromatic heterocycles. The predicted molar refractivity (Wildman–Crippen MR) is 86.7 cm³/mol.